The van der Waals surface area contributed by atoms with E-state index in [1.54, 1.807) is 12.1 Å². The van der Waals surface area contributed by atoms with Gasteiger partial charge < -0.3 is 0 Å². The molecular formula is C18H16FN3O. The Labute approximate surface area is 133 Å². The van der Waals surface area contributed by atoms with E-state index >= 15 is 0 Å². The molecule has 4 nitrogen and oxygen atoms in total. The summed E-state index contributed by atoms with van der Waals surface area (Å²) in [6.45, 7) is 0. The summed E-state index contributed by atoms with van der Waals surface area (Å²) in [5.74, 6) is -0.898. The zero-order valence-corrected chi connectivity index (χ0v) is 12.5. The van der Waals surface area contributed by atoms with Gasteiger partial charge >= 0.3 is 0 Å². The fourth-order valence-corrected chi connectivity index (χ4v) is 2.88. The Morgan fingerprint density at radius 1 is 1.13 bits per heavy atom. The largest absolute Gasteiger partial charge is 0.296 e. The molecular weight excluding hydrogens is 293 g/mol. The first-order valence-corrected chi connectivity index (χ1v) is 7.44. The van der Waals surface area contributed by atoms with Gasteiger partial charge in [-0.15, -0.1) is 0 Å². The predicted molar refractivity (Wildman–Crippen MR) is 84.7 cm³/mol. The van der Waals surface area contributed by atoms with Gasteiger partial charge in [-0.3, -0.25) is 15.6 Å². The molecule has 5 heteroatoms. The molecule has 1 atom stereocenters. The van der Waals surface area contributed by atoms with E-state index in [1.807, 2.05) is 24.3 Å². The number of halogens is 1. The molecule has 0 bridgehead atoms. The quantitative estimate of drug-likeness (QED) is 0.857. The summed E-state index contributed by atoms with van der Waals surface area (Å²) in [6.07, 6.45) is 1.49. The topological polar surface area (TPSA) is 64.9 Å². The molecule has 1 aliphatic carbocycles. The summed E-state index contributed by atoms with van der Waals surface area (Å²) in [5, 5.41) is 9.58. The maximum absolute atomic E-state index is 13.6. The number of nitrogens with one attached hydrogen (secondary N) is 2. The molecule has 0 fully saturated rings. The number of amides is 1. The number of rotatable bonds is 3. The number of anilines is 1. The van der Waals surface area contributed by atoms with Crippen molar-refractivity contribution >= 4 is 11.6 Å². The number of fused-ring (bicyclic) bond motifs is 1. The van der Waals surface area contributed by atoms with Gasteiger partial charge in [-0.05, 0) is 36.1 Å². The summed E-state index contributed by atoms with van der Waals surface area (Å²) in [5.41, 5.74) is 6.28. The molecule has 0 aromatic heterocycles. The average Bonchev–Trinajstić information content (AvgIpc) is 2.60. The first-order chi connectivity index (χ1) is 11.1. The third-order valence-electron chi connectivity index (χ3n) is 4.26. The maximum atomic E-state index is 13.6. The standard InChI is InChI=1S/C18H16FN3O/c19-15-7-3-4-8-16(15)21-22-17(23)18(12-20)10-9-13-5-1-2-6-14(13)11-18/h1-8,21H,9-11H2,(H,22,23)/t18-/m0/s1. The van der Waals surface area contributed by atoms with E-state index in [0.717, 1.165) is 5.56 Å². The first-order valence-electron chi connectivity index (χ1n) is 7.44. The van der Waals surface area contributed by atoms with Crippen LogP contribution < -0.4 is 10.9 Å². The van der Waals surface area contributed by atoms with E-state index in [2.05, 4.69) is 16.9 Å². The molecule has 0 radical (unpaired) electrons. The van der Waals surface area contributed by atoms with Gasteiger partial charge in [0.15, 0.2) is 0 Å². The van der Waals surface area contributed by atoms with Crippen molar-refractivity contribution in [2.24, 2.45) is 5.41 Å². The van der Waals surface area contributed by atoms with Crippen LogP contribution in [0.5, 0.6) is 0 Å². The zero-order chi connectivity index (χ0) is 16.3. The minimum Gasteiger partial charge on any atom is -0.296 e. The van der Waals surface area contributed by atoms with Crippen LogP contribution in [0, 0.1) is 22.6 Å². The van der Waals surface area contributed by atoms with Crippen molar-refractivity contribution in [3.63, 3.8) is 0 Å². The van der Waals surface area contributed by atoms with Crippen molar-refractivity contribution in [1.29, 1.82) is 5.26 Å². The van der Waals surface area contributed by atoms with Crippen molar-refractivity contribution in [1.82, 2.24) is 5.43 Å². The number of aryl methyl sites for hydroxylation is 1. The van der Waals surface area contributed by atoms with Crippen LogP contribution in [-0.4, -0.2) is 5.91 Å². The Morgan fingerprint density at radius 2 is 1.83 bits per heavy atom. The number of carbonyl (C=O) groups excluding carboxylic acids is 1. The molecule has 0 saturated carbocycles. The molecule has 0 heterocycles. The minimum absolute atomic E-state index is 0.171. The van der Waals surface area contributed by atoms with Crippen molar-refractivity contribution in [3.8, 4) is 6.07 Å². The van der Waals surface area contributed by atoms with Gasteiger partial charge in [0.2, 0.25) is 0 Å². The number of hydrogen-bond acceptors (Lipinski definition) is 3. The smallest absolute Gasteiger partial charge is 0.259 e. The van der Waals surface area contributed by atoms with E-state index in [0.29, 0.717) is 19.3 Å². The summed E-state index contributed by atoms with van der Waals surface area (Å²) < 4.78 is 13.6. The SMILES string of the molecule is N#C[C@]1(C(=O)NNc2ccccc2F)CCc2ccccc2C1. The normalized spacial score (nSPS) is 19.3. The molecule has 0 spiro atoms. The van der Waals surface area contributed by atoms with Crippen molar-refractivity contribution in [3.05, 3.63) is 65.5 Å². The summed E-state index contributed by atoms with van der Waals surface area (Å²) in [6, 6.07) is 16.0. The third-order valence-corrected chi connectivity index (χ3v) is 4.26. The predicted octanol–water partition coefficient (Wildman–Crippen LogP) is 2.97. The molecule has 0 aliphatic heterocycles. The minimum atomic E-state index is -1.13. The number of carbonyl (C=O) groups is 1. The molecule has 2 N–H and O–H groups in total. The zero-order valence-electron chi connectivity index (χ0n) is 12.5. The maximum Gasteiger partial charge on any atom is 0.259 e. The molecule has 0 unspecified atom stereocenters. The number of nitriles is 1. The van der Waals surface area contributed by atoms with Crippen LogP contribution in [0.4, 0.5) is 10.1 Å². The Balaban J connectivity index is 1.75. The van der Waals surface area contributed by atoms with Crippen molar-refractivity contribution < 1.29 is 9.18 Å². The fraction of sp³-hybridized carbons (Fsp3) is 0.222. The van der Waals surface area contributed by atoms with E-state index in [9.17, 15) is 14.4 Å². The lowest BCUT2D eigenvalue weighted by atomic mass is 9.72. The third kappa shape index (κ3) is 2.88. The van der Waals surface area contributed by atoms with Gasteiger partial charge in [-0.25, -0.2) is 4.39 Å². The Bertz CT molecular complexity index is 784. The van der Waals surface area contributed by atoms with Crippen LogP contribution in [-0.2, 0) is 17.6 Å². The highest BCUT2D eigenvalue weighted by atomic mass is 19.1. The highest BCUT2D eigenvalue weighted by Gasteiger charge is 2.41. The van der Waals surface area contributed by atoms with Gasteiger partial charge in [0.05, 0.1) is 11.8 Å². The van der Waals surface area contributed by atoms with Gasteiger partial charge in [0, 0.05) is 6.42 Å². The van der Waals surface area contributed by atoms with Crippen LogP contribution in [0.25, 0.3) is 0 Å². The van der Waals surface area contributed by atoms with Crippen LogP contribution in [0.2, 0.25) is 0 Å². The Morgan fingerprint density at radius 3 is 2.57 bits per heavy atom. The summed E-state index contributed by atoms with van der Waals surface area (Å²) in [4.78, 5) is 12.5. The van der Waals surface area contributed by atoms with Gasteiger partial charge in [-0.2, -0.15) is 5.26 Å². The lowest BCUT2D eigenvalue weighted by Gasteiger charge is -2.31. The van der Waals surface area contributed by atoms with Gasteiger partial charge in [-0.1, -0.05) is 36.4 Å². The Kier molecular flexibility index (Phi) is 3.98. The molecule has 1 amide bonds. The summed E-state index contributed by atoms with van der Waals surface area (Å²) in [7, 11) is 0. The first kappa shape index (κ1) is 15.0. The molecule has 23 heavy (non-hydrogen) atoms. The fourth-order valence-electron chi connectivity index (χ4n) is 2.88. The summed E-state index contributed by atoms with van der Waals surface area (Å²) >= 11 is 0. The monoisotopic (exact) mass is 309 g/mol. The molecule has 0 saturated heterocycles. The van der Waals surface area contributed by atoms with E-state index in [1.165, 1.54) is 17.7 Å². The number of hydrogen-bond donors (Lipinski definition) is 2. The second-order valence-electron chi connectivity index (χ2n) is 5.70. The van der Waals surface area contributed by atoms with E-state index in [-0.39, 0.29) is 5.69 Å². The van der Waals surface area contributed by atoms with Crippen LogP contribution in [0.15, 0.2) is 48.5 Å². The number of hydrazine groups is 1. The molecule has 2 aromatic carbocycles. The Hall–Kier alpha value is -2.87. The number of para-hydroxylation sites is 1. The molecule has 3 rings (SSSR count). The van der Waals surface area contributed by atoms with Gasteiger partial charge in [0.1, 0.15) is 11.2 Å². The average molecular weight is 309 g/mol. The second kappa shape index (κ2) is 6.09. The molecule has 1 aliphatic rings. The van der Waals surface area contributed by atoms with E-state index in [4.69, 9.17) is 0 Å². The van der Waals surface area contributed by atoms with Crippen LogP contribution in [0.3, 0.4) is 0 Å². The number of nitrogens with zero attached hydrogens (tertiary/aromatic N) is 1. The highest BCUT2D eigenvalue weighted by Crippen LogP contribution is 2.35. The number of benzene rings is 2. The lowest BCUT2D eigenvalue weighted by molar-refractivity contribution is -0.128. The second-order valence-corrected chi connectivity index (χ2v) is 5.70. The van der Waals surface area contributed by atoms with Crippen molar-refractivity contribution in [2.45, 2.75) is 19.3 Å². The molecule has 116 valence electrons. The van der Waals surface area contributed by atoms with E-state index < -0.39 is 17.1 Å². The van der Waals surface area contributed by atoms with Crippen LogP contribution >= 0.6 is 0 Å². The van der Waals surface area contributed by atoms with Crippen LogP contribution in [0.1, 0.15) is 17.5 Å². The highest BCUT2D eigenvalue weighted by molar-refractivity contribution is 5.87. The molecule has 2 aromatic rings. The lowest BCUT2D eigenvalue weighted by Crippen LogP contribution is -2.46. The van der Waals surface area contributed by atoms with Gasteiger partial charge in [0.25, 0.3) is 5.91 Å². The van der Waals surface area contributed by atoms with Crippen molar-refractivity contribution in [2.75, 3.05) is 5.43 Å².